The lowest BCUT2D eigenvalue weighted by molar-refractivity contribution is 0.0930. The first-order valence-corrected chi connectivity index (χ1v) is 8.98. The maximum Gasteiger partial charge on any atom is 0.270 e. The zero-order valence-corrected chi connectivity index (χ0v) is 15.6. The molecule has 0 bridgehead atoms. The first kappa shape index (κ1) is 18.2. The molecule has 6 nitrogen and oxygen atoms in total. The van der Waals surface area contributed by atoms with Crippen molar-refractivity contribution in [2.75, 3.05) is 0 Å². The lowest BCUT2D eigenvalue weighted by Gasteiger charge is -2.13. The highest BCUT2D eigenvalue weighted by Gasteiger charge is 2.22. The number of carbonyl (C=O) groups is 1. The van der Waals surface area contributed by atoms with Crippen LogP contribution >= 0.6 is 11.3 Å². The highest BCUT2D eigenvalue weighted by molar-refractivity contribution is 7.15. The number of carbonyl (C=O) groups excluding carboxylic acids is 1. The van der Waals surface area contributed by atoms with Gasteiger partial charge in [0.25, 0.3) is 5.91 Å². The van der Waals surface area contributed by atoms with Crippen molar-refractivity contribution >= 4 is 17.2 Å². The number of aromatic nitrogens is 3. The van der Waals surface area contributed by atoms with Gasteiger partial charge in [0, 0.05) is 24.7 Å². The summed E-state index contributed by atoms with van der Waals surface area (Å²) in [4.78, 5) is 18.0. The van der Waals surface area contributed by atoms with E-state index in [1.807, 2.05) is 13.8 Å². The quantitative estimate of drug-likeness (QED) is 0.720. The Morgan fingerprint density at radius 3 is 2.85 bits per heavy atom. The Morgan fingerprint density at radius 1 is 1.42 bits per heavy atom. The van der Waals surface area contributed by atoms with Crippen LogP contribution in [0.5, 0.6) is 0 Å². The van der Waals surface area contributed by atoms with E-state index in [0.29, 0.717) is 21.8 Å². The Hall–Kier alpha value is -2.58. The van der Waals surface area contributed by atoms with Crippen molar-refractivity contribution in [1.29, 1.82) is 0 Å². The predicted octanol–water partition coefficient (Wildman–Crippen LogP) is 2.94. The third-order valence-electron chi connectivity index (χ3n) is 4.13. The van der Waals surface area contributed by atoms with E-state index in [4.69, 9.17) is 5.73 Å². The molecule has 2 aromatic heterocycles. The Labute approximate surface area is 154 Å². The summed E-state index contributed by atoms with van der Waals surface area (Å²) in [5, 5.41) is 7.64. The van der Waals surface area contributed by atoms with E-state index < -0.39 is 0 Å². The van der Waals surface area contributed by atoms with Crippen molar-refractivity contribution in [2.24, 2.45) is 12.8 Å². The molecule has 1 aromatic carbocycles. The maximum absolute atomic E-state index is 14.0. The molecule has 1 atom stereocenters. The fraction of sp³-hybridized carbons (Fsp3) is 0.278. The van der Waals surface area contributed by atoms with Crippen LogP contribution in [0.3, 0.4) is 0 Å². The molecule has 0 aliphatic carbocycles. The van der Waals surface area contributed by atoms with E-state index in [9.17, 15) is 9.18 Å². The number of aryl methyl sites for hydroxylation is 2. The second kappa shape index (κ2) is 7.35. The van der Waals surface area contributed by atoms with Crippen LogP contribution in [0.25, 0.3) is 10.6 Å². The van der Waals surface area contributed by atoms with Crippen molar-refractivity contribution in [3.63, 3.8) is 0 Å². The number of rotatable bonds is 5. The molecular formula is C18H20FN5OS. The zero-order valence-electron chi connectivity index (χ0n) is 14.8. The number of nitrogens with two attached hydrogens (primary N) is 1. The van der Waals surface area contributed by atoms with Crippen LogP contribution in [0.15, 0.2) is 30.5 Å². The van der Waals surface area contributed by atoms with Gasteiger partial charge in [-0.3, -0.25) is 9.48 Å². The molecule has 1 amide bonds. The smallest absolute Gasteiger partial charge is 0.270 e. The molecule has 26 heavy (non-hydrogen) atoms. The van der Waals surface area contributed by atoms with Gasteiger partial charge in [0.15, 0.2) is 0 Å². The summed E-state index contributed by atoms with van der Waals surface area (Å²) in [5.74, 6) is -0.565. The number of hydrogen-bond acceptors (Lipinski definition) is 5. The van der Waals surface area contributed by atoms with Crippen LogP contribution in [-0.4, -0.2) is 20.7 Å². The van der Waals surface area contributed by atoms with Gasteiger partial charge in [-0.05, 0) is 26.0 Å². The number of benzene rings is 1. The van der Waals surface area contributed by atoms with Crippen LogP contribution in [0.4, 0.5) is 4.39 Å². The van der Waals surface area contributed by atoms with Crippen LogP contribution in [0.2, 0.25) is 0 Å². The lowest BCUT2D eigenvalue weighted by atomic mass is 10.2. The largest absolute Gasteiger partial charge is 0.343 e. The number of nitrogens with one attached hydrogen (secondary N) is 1. The molecule has 3 N–H and O–H groups in total. The summed E-state index contributed by atoms with van der Waals surface area (Å²) in [5.41, 5.74) is 8.03. The molecule has 2 heterocycles. The minimum absolute atomic E-state index is 0.238. The molecule has 3 aromatic rings. The topological polar surface area (TPSA) is 85.8 Å². The van der Waals surface area contributed by atoms with E-state index in [1.165, 1.54) is 22.1 Å². The van der Waals surface area contributed by atoms with E-state index in [0.717, 1.165) is 10.6 Å². The van der Waals surface area contributed by atoms with Crippen molar-refractivity contribution in [2.45, 2.75) is 26.4 Å². The van der Waals surface area contributed by atoms with Crippen LogP contribution in [0, 0.1) is 12.7 Å². The number of halogens is 1. The molecule has 0 saturated carbocycles. The van der Waals surface area contributed by atoms with Gasteiger partial charge in [-0.2, -0.15) is 5.10 Å². The minimum atomic E-state index is -0.313. The van der Waals surface area contributed by atoms with E-state index in [1.54, 1.807) is 31.4 Å². The van der Waals surface area contributed by atoms with Crippen molar-refractivity contribution in [1.82, 2.24) is 20.1 Å². The Kier molecular flexibility index (Phi) is 5.15. The van der Waals surface area contributed by atoms with Gasteiger partial charge < -0.3 is 11.1 Å². The molecular weight excluding hydrogens is 353 g/mol. The first-order chi connectivity index (χ1) is 12.4. The Balaban J connectivity index is 1.85. The van der Waals surface area contributed by atoms with Gasteiger partial charge in [0.2, 0.25) is 0 Å². The monoisotopic (exact) mass is 373 g/mol. The van der Waals surface area contributed by atoms with Crippen LogP contribution in [0.1, 0.15) is 39.6 Å². The molecule has 0 fully saturated rings. The average molecular weight is 373 g/mol. The molecule has 0 spiro atoms. The number of hydrogen-bond donors (Lipinski definition) is 2. The summed E-state index contributed by atoms with van der Waals surface area (Å²) < 4.78 is 15.5. The van der Waals surface area contributed by atoms with Crippen LogP contribution < -0.4 is 11.1 Å². The SMILES string of the molecule is Cc1nc(-c2ccccc2F)sc1C(C)NC(=O)c1c(CN)cnn1C. The normalized spacial score (nSPS) is 12.2. The van der Waals surface area contributed by atoms with Crippen molar-refractivity contribution < 1.29 is 9.18 Å². The summed E-state index contributed by atoms with van der Waals surface area (Å²) in [6.07, 6.45) is 1.59. The van der Waals surface area contributed by atoms with Gasteiger partial charge in [-0.15, -0.1) is 11.3 Å². The van der Waals surface area contributed by atoms with Crippen molar-refractivity contribution in [3.05, 3.63) is 58.1 Å². The molecule has 1 unspecified atom stereocenters. The third-order valence-corrected chi connectivity index (χ3v) is 5.50. The van der Waals surface area contributed by atoms with E-state index >= 15 is 0 Å². The highest BCUT2D eigenvalue weighted by Crippen LogP contribution is 2.33. The molecule has 136 valence electrons. The van der Waals surface area contributed by atoms with Gasteiger partial charge in [-0.25, -0.2) is 9.37 Å². The highest BCUT2D eigenvalue weighted by atomic mass is 32.1. The first-order valence-electron chi connectivity index (χ1n) is 8.16. The standard InChI is InChI=1S/C18H20FN5OS/c1-10(22-17(25)15-12(8-20)9-21-24(15)3)16-11(2)23-18(26-16)13-6-4-5-7-14(13)19/h4-7,9-10H,8,20H2,1-3H3,(H,22,25). The minimum Gasteiger partial charge on any atom is -0.343 e. The molecule has 8 heteroatoms. The van der Waals surface area contributed by atoms with Gasteiger partial charge in [0.1, 0.15) is 16.5 Å². The van der Waals surface area contributed by atoms with Gasteiger partial charge in [-0.1, -0.05) is 12.1 Å². The number of amides is 1. The maximum atomic E-state index is 14.0. The fourth-order valence-electron chi connectivity index (χ4n) is 2.82. The summed E-state index contributed by atoms with van der Waals surface area (Å²) >= 11 is 1.38. The zero-order chi connectivity index (χ0) is 18.8. The second-order valence-electron chi connectivity index (χ2n) is 5.99. The average Bonchev–Trinajstić information content (AvgIpc) is 3.17. The molecule has 0 aliphatic heterocycles. The third kappa shape index (κ3) is 3.38. The lowest BCUT2D eigenvalue weighted by Crippen LogP contribution is -2.29. The van der Waals surface area contributed by atoms with Gasteiger partial charge >= 0.3 is 0 Å². The van der Waals surface area contributed by atoms with Gasteiger partial charge in [0.05, 0.1) is 22.8 Å². The summed E-state index contributed by atoms with van der Waals surface area (Å²) in [6, 6.07) is 6.25. The molecule has 3 rings (SSSR count). The fourth-order valence-corrected chi connectivity index (χ4v) is 3.91. The number of nitrogens with zero attached hydrogens (tertiary/aromatic N) is 3. The van der Waals surface area contributed by atoms with Crippen LogP contribution in [-0.2, 0) is 13.6 Å². The van der Waals surface area contributed by atoms with Crippen molar-refractivity contribution in [3.8, 4) is 10.6 Å². The summed E-state index contributed by atoms with van der Waals surface area (Å²) in [7, 11) is 1.70. The predicted molar refractivity (Wildman–Crippen MR) is 99.2 cm³/mol. The summed E-state index contributed by atoms with van der Waals surface area (Å²) in [6.45, 7) is 3.97. The Bertz CT molecular complexity index is 949. The van der Waals surface area contributed by atoms with E-state index in [2.05, 4.69) is 15.4 Å². The second-order valence-corrected chi connectivity index (χ2v) is 7.02. The molecule has 0 aliphatic rings. The molecule has 0 saturated heterocycles. The van der Waals surface area contributed by atoms with E-state index in [-0.39, 0.29) is 24.3 Å². The Morgan fingerprint density at radius 2 is 2.15 bits per heavy atom. The number of thiazole rings is 1. The molecule has 0 radical (unpaired) electrons.